The van der Waals surface area contributed by atoms with Gasteiger partial charge in [0, 0.05) is 6.08 Å². The van der Waals surface area contributed by atoms with Gasteiger partial charge in [-0.1, -0.05) is 19.4 Å². The fraction of sp³-hybridized carbons (Fsp3) is 0.444. The summed E-state index contributed by atoms with van der Waals surface area (Å²) in [6.45, 7) is 5.67. The van der Waals surface area contributed by atoms with E-state index in [2.05, 4.69) is 17.7 Å². The van der Waals surface area contributed by atoms with Crippen molar-refractivity contribution in [3.8, 4) is 12.3 Å². The SMILES string of the molecule is C#CCS(=O)(=O)O.C=CC(=O)OCCC. The molecule has 0 bridgehead atoms. The quantitative estimate of drug-likeness (QED) is 0.334. The summed E-state index contributed by atoms with van der Waals surface area (Å²) in [6, 6.07) is 0. The molecule has 0 aromatic rings. The van der Waals surface area contributed by atoms with Crippen LogP contribution in [0.2, 0.25) is 0 Å². The molecule has 15 heavy (non-hydrogen) atoms. The van der Waals surface area contributed by atoms with E-state index in [1.54, 1.807) is 5.92 Å². The molecular formula is C9H14O5S. The highest BCUT2D eigenvalue weighted by atomic mass is 32.2. The lowest BCUT2D eigenvalue weighted by Crippen LogP contribution is -1.99. The van der Waals surface area contributed by atoms with E-state index in [0.717, 1.165) is 12.5 Å². The van der Waals surface area contributed by atoms with Crippen LogP contribution in [-0.4, -0.2) is 31.3 Å². The van der Waals surface area contributed by atoms with Crippen LogP contribution in [0.1, 0.15) is 13.3 Å². The summed E-state index contributed by atoms with van der Waals surface area (Å²) >= 11 is 0. The minimum absolute atomic E-state index is 0.341. The number of esters is 1. The van der Waals surface area contributed by atoms with Crippen LogP contribution in [0.15, 0.2) is 12.7 Å². The molecule has 0 unspecified atom stereocenters. The molecule has 6 heteroatoms. The molecule has 0 rings (SSSR count). The van der Waals surface area contributed by atoms with Crippen LogP contribution < -0.4 is 0 Å². The van der Waals surface area contributed by atoms with E-state index in [1.165, 1.54) is 0 Å². The Morgan fingerprint density at radius 1 is 1.67 bits per heavy atom. The Hall–Kier alpha value is -1.32. The van der Waals surface area contributed by atoms with Gasteiger partial charge in [-0.3, -0.25) is 4.55 Å². The average Bonchev–Trinajstić information content (AvgIpc) is 2.13. The Morgan fingerprint density at radius 3 is 2.40 bits per heavy atom. The fourth-order valence-electron chi connectivity index (χ4n) is 0.367. The van der Waals surface area contributed by atoms with Gasteiger partial charge in [-0.05, 0) is 6.42 Å². The summed E-state index contributed by atoms with van der Waals surface area (Å²) in [7, 11) is -3.91. The number of ether oxygens (including phenoxy) is 1. The minimum Gasteiger partial charge on any atom is -0.463 e. The molecule has 0 atom stereocenters. The molecule has 0 aromatic carbocycles. The van der Waals surface area contributed by atoms with Crippen molar-refractivity contribution in [3.05, 3.63) is 12.7 Å². The van der Waals surface area contributed by atoms with Crippen LogP contribution in [0.5, 0.6) is 0 Å². The standard InChI is InChI=1S/C6H10O2.C3H4O3S/c1-3-5-8-6(7)4-2;1-2-3-7(4,5)6/h4H,2-3,5H2,1H3;1H,3H2,(H,4,5,6). The van der Waals surface area contributed by atoms with Crippen molar-refractivity contribution in [2.75, 3.05) is 12.4 Å². The number of hydrogen-bond donors (Lipinski definition) is 1. The molecule has 0 saturated heterocycles. The van der Waals surface area contributed by atoms with Crippen molar-refractivity contribution in [3.63, 3.8) is 0 Å². The smallest absolute Gasteiger partial charge is 0.330 e. The van der Waals surface area contributed by atoms with Crippen molar-refractivity contribution in [2.24, 2.45) is 0 Å². The summed E-state index contributed by atoms with van der Waals surface area (Å²) in [6.07, 6.45) is 6.55. The van der Waals surface area contributed by atoms with Crippen LogP contribution in [0.4, 0.5) is 0 Å². The summed E-state index contributed by atoms with van der Waals surface area (Å²) in [5.74, 6) is 0.825. The number of terminal acetylenes is 1. The molecule has 0 heterocycles. The Kier molecular flexibility index (Phi) is 9.94. The third-order valence-electron chi connectivity index (χ3n) is 0.881. The van der Waals surface area contributed by atoms with E-state index in [0.29, 0.717) is 6.61 Å². The van der Waals surface area contributed by atoms with E-state index in [1.807, 2.05) is 6.92 Å². The first-order chi connectivity index (χ1) is 6.87. The number of carbonyl (C=O) groups is 1. The Bertz CT molecular complexity index is 323. The largest absolute Gasteiger partial charge is 0.463 e. The van der Waals surface area contributed by atoms with Crippen molar-refractivity contribution in [1.29, 1.82) is 0 Å². The second-order valence-corrected chi connectivity index (χ2v) is 3.75. The van der Waals surface area contributed by atoms with Crippen molar-refractivity contribution < 1.29 is 22.5 Å². The lowest BCUT2D eigenvalue weighted by atomic mass is 10.5. The highest BCUT2D eigenvalue weighted by Gasteiger charge is 1.96. The van der Waals surface area contributed by atoms with Gasteiger partial charge in [-0.2, -0.15) is 8.42 Å². The van der Waals surface area contributed by atoms with Crippen molar-refractivity contribution in [2.45, 2.75) is 13.3 Å². The maximum atomic E-state index is 10.2. The van der Waals surface area contributed by atoms with E-state index in [4.69, 9.17) is 4.55 Å². The predicted octanol–water partition coefficient (Wildman–Crippen LogP) is 0.633. The topological polar surface area (TPSA) is 80.7 Å². The summed E-state index contributed by atoms with van der Waals surface area (Å²) < 4.78 is 31.7. The fourth-order valence-corrected chi connectivity index (χ4v) is 0.578. The first-order valence-corrected chi connectivity index (χ1v) is 5.66. The summed E-state index contributed by atoms with van der Waals surface area (Å²) in [5, 5.41) is 0. The Balaban J connectivity index is 0. The number of rotatable bonds is 4. The van der Waals surface area contributed by atoms with E-state index in [9.17, 15) is 13.2 Å². The Labute approximate surface area is 89.9 Å². The van der Waals surface area contributed by atoms with E-state index >= 15 is 0 Å². The lowest BCUT2D eigenvalue weighted by molar-refractivity contribution is -0.137. The lowest BCUT2D eigenvalue weighted by Gasteiger charge is -1.94. The molecule has 0 aliphatic rings. The van der Waals surface area contributed by atoms with Gasteiger partial charge in [0.15, 0.2) is 0 Å². The molecule has 0 fully saturated rings. The molecule has 1 N–H and O–H groups in total. The number of hydrogen-bond acceptors (Lipinski definition) is 4. The van der Waals surface area contributed by atoms with Gasteiger partial charge in [0.05, 0.1) is 6.61 Å². The van der Waals surface area contributed by atoms with Crippen molar-refractivity contribution >= 4 is 16.1 Å². The second kappa shape index (κ2) is 9.24. The van der Waals surface area contributed by atoms with Crippen LogP contribution >= 0.6 is 0 Å². The van der Waals surface area contributed by atoms with E-state index < -0.39 is 15.9 Å². The molecule has 5 nitrogen and oxygen atoms in total. The zero-order valence-corrected chi connectivity index (χ0v) is 9.29. The van der Waals surface area contributed by atoms with Crippen LogP contribution in [-0.2, 0) is 19.6 Å². The first-order valence-electron chi connectivity index (χ1n) is 4.05. The zero-order chi connectivity index (χ0) is 12.3. The third kappa shape index (κ3) is 19.2. The molecular weight excluding hydrogens is 220 g/mol. The minimum atomic E-state index is -3.91. The van der Waals surface area contributed by atoms with Gasteiger partial charge in [0.25, 0.3) is 10.1 Å². The van der Waals surface area contributed by atoms with Crippen LogP contribution in [0.25, 0.3) is 0 Å². The first kappa shape index (κ1) is 16.1. The molecule has 0 aromatic heterocycles. The number of carbonyl (C=O) groups excluding carboxylic acids is 1. The van der Waals surface area contributed by atoms with Gasteiger partial charge in [0.2, 0.25) is 0 Å². The van der Waals surface area contributed by atoms with Gasteiger partial charge in [0.1, 0.15) is 5.75 Å². The zero-order valence-electron chi connectivity index (χ0n) is 8.47. The van der Waals surface area contributed by atoms with Gasteiger partial charge >= 0.3 is 5.97 Å². The molecule has 0 radical (unpaired) electrons. The van der Waals surface area contributed by atoms with Crippen LogP contribution in [0, 0.1) is 12.3 Å². The van der Waals surface area contributed by atoms with Crippen molar-refractivity contribution in [1.82, 2.24) is 0 Å². The monoisotopic (exact) mass is 234 g/mol. The summed E-state index contributed by atoms with van der Waals surface area (Å²) in [4.78, 5) is 10.2. The van der Waals surface area contributed by atoms with Crippen LogP contribution in [0.3, 0.4) is 0 Å². The molecule has 0 spiro atoms. The normalized spacial score (nSPS) is 9.13. The highest BCUT2D eigenvalue weighted by Crippen LogP contribution is 1.81. The third-order valence-corrected chi connectivity index (χ3v) is 1.41. The molecule has 0 aliphatic carbocycles. The van der Waals surface area contributed by atoms with Gasteiger partial charge in [-0.15, -0.1) is 6.42 Å². The summed E-state index contributed by atoms with van der Waals surface area (Å²) in [5.41, 5.74) is 0. The maximum Gasteiger partial charge on any atom is 0.330 e. The second-order valence-electron chi connectivity index (χ2n) is 2.30. The molecule has 0 saturated carbocycles. The van der Waals surface area contributed by atoms with Gasteiger partial charge < -0.3 is 4.74 Å². The Morgan fingerprint density at radius 2 is 2.20 bits per heavy atom. The highest BCUT2D eigenvalue weighted by molar-refractivity contribution is 7.86. The van der Waals surface area contributed by atoms with E-state index in [-0.39, 0.29) is 5.97 Å². The average molecular weight is 234 g/mol. The predicted molar refractivity (Wildman–Crippen MR) is 56.7 cm³/mol. The maximum absolute atomic E-state index is 10.2. The van der Waals surface area contributed by atoms with Gasteiger partial charge in [-0.25, -0.2) is 4.79 Å². The molecule has 0 amide bonds. The molecule has 86 valence electrons. The molecule has 0 aliphatic heterocycles.